The molecule has 2 rings (SSSR count). The van der Waals surface area contributed by atoms with Gasteiger partial charge in [-0.3, -0.25) is 0 Å². The summed E-state index contributed by atoms with van der Waals surface area (Å²) in [6, 6.07) is 9.30. The summed E-state index contributed by atoms with van der Waals surface area (Å²) in [7, 11) is 0. The summed E-state index contributed by atoms with van der Waals surface area (Å²) in [5.41, 5.74) is 1.58. The Morgan fingerprint density at radius 1 is 1.00 bits per heavy atom. The third-order valence-electron chi connectivity index (χ3n) is 2.56. The van der Waals surface area contributed by atoms with E-state index < -0.39 is 11.6 Å². The summed E-state index contributed by atoms with van der Waals surface area (Å²) in [4.78, 5) is 3.80. The number of benzene rings is 2. The third-order valence-corrected chi connectivity index (χ3v) is 2.65. The van der Waals surface area contributed by atoms with Crippen molar-refractivity contribution in [3.05, 3.63) is 64.7 Å². The topological polar surface area (TPSA) is 12.4 Å². The van der Waals surface area contributed by atoms with Gasteiger partial charge in [-0.25, -0.2) is 8.78 Å². The summed E-state index contributed by atoms with van der Waals surface area (Å²) >= 11 is 4.49. The number of halogens is 2. The highest BCUT2D eigenvalue weighted by Crippen LogP contribution is 2.15. The number of aryl methyl sites for hydroxylation is 1. The zero-order valence-electron chi connectivity index (χ0n) is 10.6. The zero-order chi connectivity index (χ0) is 14.5. The Balaban J connectivity index is 2.33. The van der Waals surface area contributed by atoms with Gasteiger partial charge >= 0.3 is 0 Å². The first-order chi connectivity index (χ1) is 9.60. The molecule has 1 nitrogen and oxygen atoms in total. The molecule has 2 aromatic carbocycles. The molecular formula is C16H9F2NS. The van der Waals surface area contributed by atoms with Crippen LogP contribution in [0.15, 0.2) is 41.4 Å². The Hall–Kier alpha value is -2.34. The number of hydrogen-bond donors (Lipinski definition) is 0. The van der Waals surface area contributed by atoms with Crippen molar-refractivity contribution < 1.29 is 8.78 Å². The van der Waals surface area contributed by atoms with Gasteiger partial charge < -0.3 is 0 Å². The smallest absolute Gasteiger partial charge is 0.142 e. The van der Waals surface area contributed by atoms with E-state index in [9.17, 15) is 8.78 Å². The van der Waals surface area contributed by atoms with E-state index >= 15 is 0 Å². The van der Waals surface area contributed by atoms with Crippen LogP contribution in [0.1, 0.15) is 16.7 Å². The molecule has 0 aliphatic rings. The molecule has 0 aliphatic carbocycles. The average molecular weight is 285 g/mol. The Morgan fingerprint density at radius 3 is 2.15 bits per heavy atom. The van der Waals surface area contributed by atoms with Gasteiger partial charge in [-0.05, 0) is 61.1 Å². The lowest BCUT2D eigenvalue weighted by molar-refractivity contribution is 0.575. The van der Waals surface area contributed by atoms with Crippen LogP contribution in [0.3, 0.4) is 0 Å². The van der Waals surface area contributed by atoms with Gasteiger partial charge in [0.05, 0.1) is 16.4 Å². The molecule has 0 saturated carbocycles. The number of nitrogens with zero attached hydrogens (tertiary/aromatic N) is 1. The molecule has 20 heavy (non-hydrogen) atoms. The summed E-state index contributed by atoms with van der Waals surface area (Å²) in [6.45, 7) is 1.62. The SMILES string of the molecule is Cc1cc(F)c(C#Cc2ccc(N=C=S)cc2)c(F)c1. The van der Waals surface area contributed by atoms with Crippen molar-refractivity contribution in [3.8, 4) is 11.8 Å². The van der Waals surface area contributed by atoms with Crippen molar-refractivity contribution in [2.75, 3.05) is 0 Å². The maximum absolute atomic E-state index is 13.6. The molecular weight excluding hydrogens is 276 g/mol. The maximum Gasteiger partial charge on any atom is 0.142 e. The number of rotatable bonds is 1. The number of hydrogen-bond acceptors (Lipinski definition) is 2. The normalized spacial score (nSPS) is 9.35. The first kappa shape index (κ1) is 14.1. The van der Waals surface area contributed by atoms with Crippen LogP contribution in [0, 0.1) is 30.4 Å². The van der Waals surface area contributed by atoms with Crippen LogP contribution in [-0.2, 0) is 0 Å². The Kier molecular flexibility index (Phi) is 4.37. The standard InChI is InChI=1S/C16H9F2NS/c1-11-8-15(17)14(16(18)9-11)7-4-12-2-5-13(6-3-12)19-10-20/h2-3,5-6,8-9H,1H3. The second-order valence-electron chi connectivity index (χ2n) is 4.10. The van der Waals surface area contributed by atoms with Crippen molar-refractivity contribution in [2.24, 2.45) is 4.99 Å². The molecule has 0 aliphatic heterocycles. The first-order valence-electron chi connectivity index (χ1n) is 5.76. The molecule has 0 aromatic heterocycles. The van der Waals surface area contributed by atoms with Crippen LogP contribution in [0.25, 0.3) is 0 Å². The predicted octanol–water partition coefficient (Wildman–Crippen LogP) is 4.41. The van der Waals surface area contributed by atoms with Gasteiger partial charge in [-0.15, -0.1) is 0 Å². The lowest BCUT2D eigenvalue weighted by atomic mass is 10.1. The van der Waals surface area contributed by atoms with E-state index in [-0.39, 0.29) is 5.56 Å². The highest BCUT2D eigenvalue weighted by molar-refractivity contribution is 7.78. The molecule has 0 atom stereocenters. The van der Waals surface area contributed by atoms with Crippen LogP contribution >= 0.6 is 12.2 Å². The lowest BCUT2D eigenvalue weighted by Crippen LogP contribution is -1.91. The zero-order valence-corrected chi connectivity index (χ0v) is 11.4. The highest BCUT2D eigenvalue weighted by atomic mass is 32.1. The third kappa shape index (κ3) is 3.36. The molecule has 0 heterocycles. The fraction of sp³-hybridized carbons (Fsp3) is 0.0625. The summed E-state index contributed by atoms with van der Waals surface area (Å²) in [5, 5.41) is 2.25. The average Bonchev–Trinajstić information content (AvgIpc) is 2.39. The molecule has 0 bridgehead atoms. The van der Waals surface area contributed by atoms with Crippen molar-refractivity contribution >= 4 is 23.1 Å². The molecule has 98 valence electrons. The summed E-state index contributed by atoms with van der Waals surface area (Å²) in [6.07, 6.45) is 0. The second kappa shape index (κ2) is 6.21. The van der Waals surface area contributed by atoms with Crippen LogP contribution in [0.4, 0.5) is 14.5 Å². The number of isothiocyanates is 1. The fourth-order valence-corrected chi connectivity index (χ4v) is 1.73. The molecule has 0 amide bonds. The monoisotopic (exact) mass is 285 g/mol. The van der Waals surface area contributed by atoms with E-state index in [4.69, 9.17) is 0 Å². The second-order valence-corrected chi connectivity index (χ2v) is 4.29. The first-order valence-corrected chi connectivity index (χ1v) is 6.16. The fourth-order valence-electron chi connectivity index (χ4n) is 1.63. The van der Waals surface area contributed by atoms with Crippen LogP contribution < -0.4 is 0 Å². The van der Waals surface area contributed by atoms with Crippen molar-refractivity contribution in [1.82, 2.24) is 0 Å². The molecule has 0 spiro atoms. The maximum atomic E-state index is 13.6. The van der Waals surface area contributed by atoms with Crippen LogP contribution in [-0.4, -0.2) is 5.16 Å². The van der Waals surface area contributed by atoms with Crippen molar-refractivity contribution in [2.45, 2.75) is 6.92 Å². The minimum absolute atomic E-state index is 0.225. The van der Waals surface area contributed by atoms with E-state index in [1.807, 2.05) is 0 Å². The molecule has 0 saturated heterocycles. The van der Waals surface area contributed by atoms with Gasteiger partial charge in [0.15, 0.2) is 0 Å². The Morgan fingerprint density at radius 2 is 1.60 bits per heavy atom. The molecule has 0 fully saturated rings. The van der Waals surface area contributed by atoms with E-state index in [0.29, 0.717) is 16.8 Å². The van der Waals surface area contributed by atoms with Gasteiger partial charge in [-0.1, -0.05) is 11.8 Å². The number of aliphatic imine (C=N–C) groups is 1. The van der Waals surface area contributed by atoms with Gasteiger partial charge in [-0.2, -0.15) is 4.99 Å². The van der Waals surface area contributed by atoms with Crippen LogP contribution in [0.2, 0.25) is 0 Å². The molecule has 0 unspecified atom stereocenters. The lowest BCUT2D eigenvalue weighted by Gasteiger charge is -1.99. The minimum Gasteiger partial charge on any atom is -0.206 e. The highest BCUT2D eigenvalue weighted by Gasteiger charge is 2.06. The Labute approximate surface area is 121 Å². The van der Waals surface area contributed by atoms with Gasteiger partial charge in [0, 0.05) is 5.56 Å². The largest absolute Gasteiger partial charge is 0.206 e. The molecule has 0 radical (unpaired) electrons. The van der Waals surface area contributed by atoms with Crippen molar-refractivity contribution in [1.29, 1.82) is 0 Å². The molecule has 0 N–H and O–H groups in total. The van der Waals surface area contributed by atoms with Crippen LogP contribution in [0.5, 0.6) is 0 Å². The molecule has 4 heteroatoms. The molecule has 2 aromatic rings. The van der Waals surface area contributed by atoms with E-state index in [0.717, 1.165) is 0 Å². The van der Waals surface area contributed by atoms with Gasteiger partial charge in [0.25, 0.3) is 0 Å². The van der Waals surface area contributed by atoms with E-state index in [1.165, 1.54) is 12.1 Å². The van der Waals surface area contributed by atoms with E-state index in [1.54, 1.807) is 31.2 Å². The Bertz CT molecular complexity index is 725. The van der Waals surface area contributed by atoms with Gasteiger partial charge in [0.1, 0.15) is 11.6 Å². The summed E-state index contributed by atoms with van der Waals surface area (Å²) < 4.78 is 27.2. The van der Waals surface area contributed by atoms with E-state index in [2.05, 4.69) is 34.2 Å². The minimum atomic E-state index is -0.656. The number of thiocarbonyl (C=S) groups is 1. The predicted molar refractivity (Wildman–Crippen MR) is 78.2 cm³/mol. The summed E-state index contributed by atoms with van der Waals surface area (Å²) in [5.74, 6) is 3.91. The van der Waals surface area contributed by atoms with Gasteiger partial charge in [0.2, 0.25) is 0 Å². The van der Waals surface area contributed by atoms with Crippen molar-refractivity contribution in [3.63, 3.8) is 0 Å². The quantitative estimate of drug-likeness (QED) is 0.429.